The van der Waals surface area contributed by atoms with E-state index in [1.807, 2.05) is 0 Å². The Hall–Kier alpha value is -2.08. The lowest BCUT2D eigenvalue weighted by atomic mass is 10.1. The maximum absolute atomic E-state index is 11.8. The number of carbonyl (C=O) groups excluding carboxylic acids is 1. The molecule has 1 heterocycles. The number of furan rings is 1. The van der Waals surface area contributed by atoms with Crippen LogP contribution in [0.2, 0.25) is 0 Å². The fourth-order valence-corrected chi connectivity index (χ4v) is 1.91. The smallest absolute Gasteiger partial charge is 0.335 e. The van der Waals surface area contributed by atoms with Gasteiger partial charge in [-0.2, -0.15) is 0 Å². The molecule has 1 aromatic carbocycles. The summed E-state index contributed by atoms with van der Waals surface area (Å²) in [6, 6.07) is 8.01. The summed E-state index contributed by atoms with van der Waals surface area (Å²) in [6.07, 6.45) is 1.41. The Morgan fingerprint density at radius 1 is 1.32 bits per heavy atom. The third-order valence-electron chi connectivity index (χ3n) is 2.45. The average molecular weight is 324 g/mol. The van der Waals surface area contributed by atoms with Crippen LogP contribution in [0.15, 0.2) is 45.5 Å². The molecular formula is C13H10BrNO4. The predicted octanol–water partition coefficient (Wildman–Crippen LogP) is 2.67. The highest BCUT2D eigenvalue weighted by atomic mass is 79.9. The highest BCUT2D eigenvalue weighted by Crippen LogP contribution is 2.17. The number of hydrogen-bond acceptors (Lipinski definition) is 3. The zero-order valence-corrected chi connectivity index (χ0v) is 11.3. The largest absolute Gasteiger partial charge is 0.478 e. The molecule has 2 aromatic rings. The highest BCUT2D eigenvalue weighted by molar-refractivity contribution is 9.10. The van der Waals surface area contributed by atoms with E-state index in [1.54, 1.807) is 18.2 Å². The van der Waals surface area contributed by atoms with Crippen molar-refractivity contribution in [2.45, 2.75) is 6.54 Å². The first-order valence-electron chi connectivity index (χ1n) is 5.41. The van der Waals surface area contributed by atoms with Gasteiger partial charge in [0.05, 0.1) is 16.3 Å². The summed E-state index contributed by atoms with van der Waals surface area (Å²) in [5, 5.41) is 11.5. The molecule has 0 bridgehead atoms. The van der Waals surface area contributed by atoms with E-state index in [4.69, 9.17) is 9.52 Å². The van der Waals surface area contributed by atoms with Crippen LogP contribution >= 0.6 is 15.9 Å². The van der Waals surface area contributed by atoms with Crippen LogP contribution in [-0.4, -0.2) is 17.0 Å². The fourth-order valence-electron chi connectivity index (χ4n) is 1.53. The molecule has 0 spiro atoms. The molecule has 0 unspecified atom stereocenters. The van der Waals surface area contributed by atoms with Crippen LogP contribution in [0.5, 0.6) is 0 Å². The number of carboxylic acids is 1. The highest BCUT2D eigenvalue weighted by Gasteiger charge is 2.13. The van der Waals surface area contributed by atoms with Gasteiger partial charge in [0.25, 0.3) is 5.91 Å². The number of carbonyl (C=O) groups is 2. The molecule has 5 nitrogen and oxygen atoms in total. The molecule has 1 aromatic heterocycles. The minimum Gasteiger partial charge on any atom is -0.478 e. The van der Waals surface area contributed by atoms with Crippen molar-refractivity contribution in [1.29, 1.82) is 0 Å². The van der Waals surface area contributed by atoms with Gasteiger partial charge >= 0.3 is 5.97 Å². The van der Waals surface area contributed by atoms with Crippen molar-refractivity contribution in [2.24, 2.45) is 0 Å². The first kappa shape index (κ1) is 13.4. The number of aromatic carboxylic acids is 1. The third kappa shape index (κ3) is 3.23. The van der Waals surface area contributed by atoms with Gasteiger partial charge in [0, 0.05) is 6.54 Å². The number of benzene rings is 1. The second kappa shape index (κ2) is 5.71. The van der Waals surface area contributed by atoms with E-state index in [9.17, 15) is 9.59 Å². The van der Waals surface area contributed by atoms with Crippen molar-refractivity contribution in [1.82, 2.24) is 5.32 Å². The first-order chi connectivity index (χ1) is 9.08. The van der Waals surface area contributed by atoms with Gasteiger partial charge in [0.2, 0.25) is 5.76 Å². The molecule has 0 saturated carbocycles. The lowest BCUT2D eigenvalue weighted by Gasteiger charge is -2.04. The lowest BCUT2D eigenvalue weighted by Crippen LogP contribution is -2.22. The Morgan fingerprint density at radius 3 is 2.74 bits per heavy atom. The number of hydrogen-bond donors (Lipinski definition) is 2. The van der Waals surface area contributed by atoms with Crippen LogP contribution in [0.25, 0.3) is 0 Å². The van der Waals surface area contributed by atoms with E-state index in [2.05, 4.69) is 21.2 Å². The van der Waals surface area contributed by atoms with Gasteiger partial charge in [-0.1, -0.05) is 12.1 Å². The average Bonchev–Trinajstić information content (AvgIpc) is 2.82. The van der Waals surface area contributed by atoms with Crippen molar-refractivity contribution >= 4 is 27.8 Å². The Balaban J connectivity index is 2.03. The molecule has 0 aliphatic heterocycles. The van der Waals surface area contributed by atoms with E-state index in [-0.39, 0.29) is 23.8 Å². The fraction of sp³-hybridized carbons (Fsp3) is 0.0769. The summed E-state index contributed by atoms with van der Waals surface area (Å²) in [5.74, 6) is -1.17. The van der Waals surface area contributed by atoms with Crippen LogP contribution in [0.1, 0.15) is 26.5 Å². The normalized spacial score (nSPS) is 10.2. The summed E-state index contributed by atoms with van der Waals surface area (Å²) in [4.78, 5) is 22.6. The second-order valence-electron chi connectivity index (χ2n) is 3.79. The van der Waals surface area contributed by atoms with E-state index in [1.165, 1.54) is 18.4 Å². The molecule has 0 saturated heterocycles. The summed E-state index contributed by atoms with van der Waals surface area (Å²) in [5.41, 5.74) is 0.891. The van der Waals surface area contributed by atoms with Gasteiger partial charge in [0.15, 0.2) is 0 Å². The van der Waals surface area contributed by atoms with Crippen molar-refractivity contribution in [3.63, 3.8) is 0 Å². The SMILES string of the molecule is O=C(O)c1cccc(CNC(=O)c2occc2Br)c1. The Bertz CT molecular complexity index is 621. The van der Waals surface area contributed by atoms with E-state index < -0.39 is 5.97 Å². The molecule has 0 atom stereocenters. The molecule has 2 N–H and O–H groups in total. The van der Waals surface area contributed by atoms with Crippen molar-refractivity contribution < 1.29 is 19.1 Å². The molecular weight excluding hydrogens is 314 g/mol. The first-order valence-corrected chi connectivity index (χ1v) is 6.20. The van der Waals surface area contributed by atoms with Crippen LogP contribution in [0.3, 0.4) is 0 Å². The summed E-state index contributed by atoms with van der Waals surface area (Å²) >= 11 is 3.19. The predicted molar refractivity (Wildman–Crippen MR) is 71.0 cm³/mol. The summed E-state index contributed by atoms with van der Waals surface area (Å²) < 4.78 is 5.60. The summed E-state index contributed by atoms with van der Waals surface area (Å²) in [6.45, 7) is 0.229. The molecule has 0 fully saturated rings. The van der Waals surface area contributed by atoms with Gasteiger partial charge in [-0.05, 0) is 39.7 Å². The van der Waals surface area contributed by atoms with E-state index in [0.29, 0.717) is 10.0 Å². The Morgan fingerprint density at radius 2 is 2.11 bits per heavy atom. The minimum absolute atomic E-state index is 0.186. The lowest BCUT2D eigenvalue weighted by molar-refractivity contribution is 0.0696. The van der Waals surface area contributed by atoms with Gasteiger partial charge in [0.1, 0.15) is 0 Å². The van der Waals surface area contributed by atoms with Gasteiger partial charge in [-0.15, -0.1) is 0 Å². The number of nitrogens with one attached hydrogen (secondary N) is 1. The van der Waals surface area contributed by atoms with Crippen LogP contribution < -0.4 is 5.32 Å². The van der Waals surface area contributed by atoms with Crippen LogP contribution in [0, 0.1) is 0 Å². The molecule has 0 aliphatic carbocycles. The zero-order valence-electron chi connectivity index (χ0n) is 9.72. The monoisotopic (exact) mass is 323 g/mol. The zero-order chi connectivity index (χ0) is 13.8. The standard InChI is InChI=1S/C13H10BrNO4/c14-10-4-5-19-11(10)12(16)15-7-8-2-1-3-9(6-8)13(17)18/h1-6H,7H2,(H,15,16)(H,17,18). The molecule has 6 heteroatoms. The number of carboxylic acid groups (broad SMARTS) is 1. The molecule has 0 radical (unpaired) electrons. The van der Waals surface area contributed by atoms with Crippen molar-refractivity contribution in [3.8, 4) is 0 Å². The molecule has 2 rings (SSSR count). The molecule has 98 valence electrons. The summed E-state index contributed by atoms with van der Waals surface area (Å²) in [7, 11) is 0. The van der Waals surface area contributed by atoms with E-state index >= 15 is 0 Å². The van der Waals surface area contributed by atoms with Crippen molar-refractivity contribution in [3.05, 3.63) is 58.0 Å². The topological polar surface area (TPSA) is 79.5 Å². The molecule has 0 aliphatic rings. The number of halogens is 1. The Labute approximate surface area is 117 Å². The van der Waals surface area contributed by atoms with Crippen LogP contribution in [0.4, 0.5) is 0 Å². The quantitative estimate of drug-likeness (QED) is 0.906. The number of rotatable bonds is 4. The number of amides is 1. The Kier molecular flexibility index (Phi) is 4.01. The molecule has 1 amide bonds. The minimum atomic E-state index is -0.998. The molecule has 19 heavy (non-hydrogen) atoms. The van der Waals surface area contributed by atoms with E-state index in [0.717, 1.165) is 0 Å². The maximum atomic E-state index is 11.8. The van der Waals surface area contributed by atoms with Gasteiger partial charge in [-0.25, -0.2) is 4.79 Å². The van der Waals surface area contributed by atoms with Gasteiger partial charge < -0.3 is 14.8 Å². The van der Waals surface area contributed by atoms with Crippen molar-refractivity contribution in [2.75, 3.05) is 0 Å². The van der Waals surface area contributed by atoms with Crippen LogP contribution in [-0.2, 0) is 6.54 Å². The maximum Gasteiger partial charge on any atom is 0.335 e. The van der Waals surface area contributed by atoms with Gasteiger partial charge in [-0.3, -0.25) is 4.79 Å². The second-order valence-corrected chi connectivity index (χ2v) is 4.64. The third-order valence-corrected chi connectivity index (χ3v) is 3.07.